The monoisotopic (exact) mass is 515 g/mol. The average Bonchev–Trinajstić information content (AvgIpc) is 3.18. The van der Waals surface area contributed by atoms with Gasteiger partial charge < -0.3 is 29.4 Å². The van der Waals surface area contributed by atoms with Crippen LogP contribution in [0.1, 0.15) is 47.4 Å². The van der Waals surface area contributed by atoms with Crippen molar-refractivity contribution in [3.05, 3.63) is 63.3 Å². The van der Waals surface area contributed by atoms with Crippen molar-refractivity contribution in [3.63, 3.8) is 0 Å². The highest BCUT2D eigenvalue weighted by molar-refractivity contribution is 9.10. The van der Waals surface area contributed by atoms with Gasteiger partial charge >= 0.3 is 0 Å². The van der Waals surface area contributed by atoms with Crippen molar-refractivity contribution in [2.24, 2.45) is 0 Å². The number of carbonyl (C=O) groups is 1. The number of fused-ring (bicyclic) bond motifs is 4. The van der Waals surface area contributed by atoms with E-state index in [1.165, 1.54) is 7.11 Å². The van der Waals surface area contributed by atoms with Gasteiger partial charge in [0.2, 0.25) is 0 Å². The predicted octanol–water partition coefficient (Wildman–Crippen LogP) is 3.66. The van der Waals surface area contributed by atoms with E-state index in [2.05, 4.69) is 34.8 Å². The van der Waals surface area contributed by atoms with Crippen molar-refractivity contribution in [2.75, 3.05) is 13.7 Å². The number of ether oxygens (including phenoxy) is 3. The lowest BCUT2D eigenvalue weighted by molar-refractivity contribution is -0.247. The summed E-state index contributed by atoms with van der Waals surface area (Å²) in [5, 5.41) is 21.2. The molecule has 0 saturated carbocycles. The number of halogens is 1. The molecular weight excluding hydrogens is 490 g/mol. The molecule has 0 spiro atoms. The van der Waals surface area contributed by atoms with Gasteiger partial charge in [-0.3, -0.25) is 4.79 Å². The van der Waals surface area contributed by atoms with Gasteiger partial charge in [-0.05, 0) is 35.9 Å². The second-order valence-corrected chi connectivity index (χ2v) is 10.1. The van der Waals surface area contributed by atoms with Crippen LogP contribution in [0.4, 0.5) is 0 Å². The molecule has 0 bridgehead atoms. The molecule has 0 unspecified atom stereocenters. The van der Waals surface area contributed by atoms with E-state index in [0.717, 1.165) is 26.6 Å². The summed E-state index contributed by atoms with van der Waals surface area (Å²) in [6.07, 6.45) is -3.15. The Labute approximate surface area is 199 Å². The van der Waals surface area contributed by atoms with Crippen LogP contribution in [0.25, 0.3) is 10.9 Å². The molecule has 0 amide bonds. The minimum Gasteiger partial charge on any atom is -0.491 e. The molecule has 33 heavy (non-hydrogen) atoms. The Balaban J connectivity index is 1.45. The van der Waals surface area contributed by atoms with Crippen molar-refractivity contribution in [1.82, 2.24) is 4.98 Å². The third kappa shape index (κ3) is 3.70. The average molecular weight is 516 g/mol. The summed E-state index contributed by atoms with van der Waals surface area (Å²) in [6, 6.07) is 11.3. The van der Waals surface area contributed by atoms with E-state index in [1.807, 2.05) is 24.3 Å². The molecule has 1 aliphatic carbocycles. The normalized spacial score (nSPS) is 26.2. The maximum absolute atomic E-state index is 13.5. The van der Waals surface area contributed by atoms with Crippen LogP contribution in [0.5, 0.6) is 5.75 Å². The van der Waals surface area contributed by atoms with E-state index in [0.29, 0.717) is 16.9 Å². The summed E-state index contributed by atoms with van der Waals surface area (Å²) in [6.45, 7) is 4.20. The van der Waals surface area contributed by atoms with Gasteiger partial charge in [-0.2, -0.15) is 0 Å². The van der Waals surface area contributed by atoms with Crippen LogP contribution in [0.3, 0.4) is 0 Å². The molecule has 7 nitrogen and oxygen atoms in total. The molecule has 1 fully saturated rings. The van der Waals surface area contributed by atoms with E-state index < -0.39 is 30.0 Å². The Kier molecular flexibility index (Phi) is 5.61. The van der Waals surface area contributed by atoms with Crippen molar-refractivity contribution in [1.29, 1.82) is 0 Å². The number of ketones is 1. The summed E-state index contributed by atoms with van der Waals surface area (Å²) >= 11 is 3.50. The van der Waals surface area contributed by atoms with Gasteiger partial charge in [0.25, 0.3) is 0 Å². The Bertz CT molecular complexity index is 1240. The van der Waals surface area contributed by atoms with Crippen LogP contribution in [-0.2, 0) is 14.9 Å². The maximum Gasteiger partial charge on any atom is 0.195 e. The summed E-state index contributed by atoms with van der Waals surface area (Å²) in [4.78, 5) is 16.9. The number of aliphatic hydroxyl groups is 2. The first-order valence-electron chi connectivity index (χ1n) is 10.9. The zero-order valence-electron chi connectivity index (χ0n) is 18.6. The lowest BCUT2D eigenvalue weighted by Gasteiger charge is -2.36. The number of hydrogen-bond donors (Lipinski definition) is 3. The summed E-state index contributed by atoms with van der Waals surface area (Å²) < 4.78 is 17.7. The van der Waals surface area contributed by atoms with E-state index in [4.69, 9.17) is 14.2 Å². The molecule has 2 aliphatic rings. The first-order valence-corrected chi connectivity index (χ1v) is 11.7. The zero-order chi connectivity index (χ0) is 23.5. The molecule has 4 atom stereocenters. The smallest absolute Gasteiger partial charge is 0.195 e. The van der Waals surface area contributed by atoms with Crippen molar-refractivity contribution < 1.29 is 29.2 Å². The molecular formula is C25H26BrNO6. The standard InChI is InChI=1S/C25H26BrNO6/c1-25(2)16-9-13(32-11-19-23(30)18(28)10-20(31-3)33-19)5-7-14(16)22(29)21-15-6-4-12(26)8-17(15)27-24(21)25/h4-9,18-20,23,27-28,30H,10-11H2,1-3H3/t18-,19-,20+,23+/m1/s1. The Morgan fingerprint density at radius 3 is 2.76 bits per heavy atom. The van der Waals surface area contributed by atoms with Crippen molar-refractivity contribution in [2.45, 2.75) is 50.3 Å². The van der Waals surface area contributed by atoms with Gasteiger partial charge in [0.1, 0.15) is 24.6 Å². The van der Waals surface area contributed by atoms with Gasteiger partial charge in [0.15, 0.2) is 12.1 Å². The number of benzene rings is 2. The third-order valence-electron chi connectivity index (χ3n) is 6.73. The number of aliphatic hydroxyl groups excluding tert-OH is 2. The zero-order valence-corrected chi connectivity index (χ0v) is 20.2. The van der Waals surface area contributed by atoms with E-state index >= 15 is 0 Å². The molecule has 3 N–H and O–H groups in total. The van der Waals surface area contributed by atoms with Crippen LogP contribution >= 0.6 is 15.9 Å². The molecule has 1 aromatic heterocycles. The number of aromatic nitrogens is 1. The molecule has 5 rings (SSSR count). The highest BCUT2D eigenvalue weighted by atomic mass is 79.9. The molecule has 0 radical (unpaired) electrons. The summed E-state index contributed by atoms with van der Waals surface area (Å²) in [5.41, 5.74) is 3.55. The van der Waals surface area contributed by atoms with Gasteiger partial charge in [0, 0.05) is 45.6 Å². The van der Waals surface area contributed by atoms with E-state index in [-0.39, 0.29) is 18.8 Å². The van der Waals surface area contributed by atoms with Crippen LogP contribution in [0.15, 0.2) is 40.9 Å². The molecule has 1 saturated heterocycles. The highest BCUT2D eigenvalue weighted by Gasteiger charge is 2.40. The number of carbonyl (C=O) groups excluding carboxylic acids is 1. The van der Waals surface area contributed by atoms with Crippen molar-refractivity contribution >= 4 is 32.6 Å². The minimum atomic E-state index is -1.07. The first-order chi connectivity index (χ1) is 15.7. The number of methoxy groups -OCH3 is 1. The summed E-state index contributed by atoms with van der Waals surface area (Å²) in [7, 11) is 1.49. The molecule has 2 aromatic carbocycles. The predicted molar refractivity (Wildman–Crippen MR) is 126 cm³/mol. The second kappa shape index (κ2) is 8.21. The molecule has 8 heteroatoms. The molecule has 2 heterocycles. The fraction of sp³-hybridized carbons (Fsp3) is 0.400. The van der Waals surface area contributed by atoms with Crippen LogP contribution in [-0.4, -0.2) is 59.3 Å². The number of hydrogen-bond acceptors (Lipinski definition) is 6. The lowest BCUT2D eigenvalue weighted by atomic mass is 9.71. The second-order valence-electron chi connectivity index (χ2n) is 9.17. The topological polar surface area (TPSA) is 101 Å². The fourth-order valence-electron chi connectivity index (χ4n) is 4.86. The van der Waals surface area contributed by atoms with Gasteiger partial charge in [0.05, 0.1) is 11.7 Å². The van der Waals surface area contributed by atoms with Gasteiger partial charge in [-0.1, -0.05) is 35.8 Å². The first kappa shape index (κ1) is 22.6. The number of nitrogens with one attached hydrogen (secondary N) is 1. The van der Waals surface area contributed by atoms with Crippen molar-refractivity contribution in [3.8, 4) is 5.75 Å². The maximum atomic E-state index is 13.5. The SMILES string of the molecule is CO[C@@H]1C[C@@H](O)[C@H](O)[C@@H](COc2ccc3c(c2)C(C)(C)c2[nH]c4cc(Br)ccc4c2C3=O)O1. The number of aromatic amines is 1. The lowest BCUT2D eigenvalue weighted by Crippen LogP contribution is -2.51. The quantitative estimate of drug-likeness (QED) is 0.490. The van der Waals surface area contributed by atoms with Crippen LogP contribution in [0.2, 0.25) is 0 Å². The molecule has 3 aromatic rings. The van der Waals surface area contributed by atoms with E-state index in [1.54, 1.807) is 12.1 Å². The Hall–Kier alpha value is -2.23. The van der Waals surface area contributed by atoms with E-state index in [9.17, 15) is 15.0 Å². The van der Waals surface area contributed by atoms with Gasteiger partial charge in [-0.15, -0.1) is 0 Å². The van der Waals surface area contributed by atoms with Crippen LogP contribution in [0, 0.1) is 0 Å². The minimum absolute atomic E-state index is 0.0171. The molecule has 174 valence electrons. The number of rotatable bonds is 4. The Morgan fingerprint density at radius 2 is 2.00 bits per heavy atom. The largest absolute Gasteiger partial charge is 0.491 e. The summed E-state index contributed by atoms with van der Waals surface area (Å²) in [5.74, 6) is 0.540. The van der Waals surface area contributed by atoms with Crippen LogP contribution < -0.4 is 4.74 Å². The Morgan fingerprint density at radius 1 is 1.21 bits per heavy atom. The fourth-order valence-corrected chi connectivity index (χ4v) is 5.22. The molecule has 1 aliphatic heterocycles. The highest BCUT2D eigenvalue weighted by Crippen LogP contribution is 2.45. The third-order valence-corrected chi connectivity index (χ3v) is 7.23. The van der Waals surface area contributed by atoms with Gasteiger partial charge in [-0.25, -0.2) is 0 Å². The number of H-pyrrole nitrogens is 1.